The maximum absolute atomic E-state index is 12.4. The standard InChI is InChI=1S/C20H31NO4/c1-4-18(25-6-3)19(22)21-15-20(11-13-23-14-12-20)16-7-9-17(10-8-16)24-5-2/h7-10,18H,4-6,11-15H2,1-3H3,(H,21,22)/t18-/m0/s1. The molecule has 1 atom stereocenters. The zero-order valence-corrected chi connectivity index (χ0v) is 15.7. The van der Waals surface area contributed by atoms with Crippen molar-refractivity contribution in [1.29, 1.82) is 0 Å². The summed E-state index contributed by atoms with van der Waals surface area (Å²) in [6, 6.07) is 8.24. The summed E-state index contributed by atoms with van der Waals surface area (Å²) in [4.78, 5) is 12.4. The summed E-state index contributed by atoms with van der Waals surface area (Å²) in [7, 11) is 0. The third kappa shape index (κ3) is 5.19. The van der Waals surface area contributed by atoms with E-state index in [2.05, 4.69) is 17.4 Å². The van der Waals surface area contributed by atoms with E-state index >= 15 is 0 Å². The highest BCUT2D eigenvalue weighted by atomic mass is 16.5. The van der Waals surface area contributed by atoms with Crippen molar-refractivity contribution in [3.63, 3.8) is 0 Å². The van der Waals surface area contributed by atoms with Gasteiger partial charge in [-0.3, -0.25) is 4.79 Å². The SMILES string of the molecule is CCOc1ccc(C2(CNC(=O)[C@H](CC)OCC)CCOCC2)cc1. The minimum Gasteiger partial charge on any atom is -0.494 e. The molecular formula is C20H31NO4. The first-order valence-electron chi connectivity index (χ1n) is 9.35. The van der Waals surface area contributed by atoms with Gasteiger partial charge in [-0.25, -0.2) is 0 Å². The number of carbonyl (C=O) groups is 1. The summed E-state index contributed by atoms with van der Waals surface area (Å²) in [6.45, 7) is 9.09. The van der Waals surface area contributed by atoms with Gasteiger partial charge < -0.3 is 19.5 Å². The fourth-order valence-electron chi connectivity index (χ4n) is 3.35. The first kappa shape index (κ1) is 19.7. The second-order valence-electron chi connectivity index (χ2n) is 6.42. The van der Waals surface area contributed by atoms with Crippen molar-refractivity contribution in [3.8, 4) is 5.75 Å². The molecule has 1 fully saturated rings. The van der Waals surface area contributed by atoms with E-state index in [-0.39, 0.29) is 17.4 Å². The highest BCUT2D eigenvalue weighted by Crippen LogP contribution is 2.35. The van der Waals surface area contributed by atoms with Gasteiger partial charge in [-0.15, -0.1) is 0 Å². The van der Waals surface area contributed by atoms with Gasteiger partial charge in [0.25, 0.3) is 0 Å². The molecule has 0 radical (unpaired) electrons. The van der Waals surface area contributed by atoms with Crippen molar-refractivity contribution in [2.24, 2.45) is 0 Å². The Morgan fingerprint density at radius 3 is 2.40 bits per heavy atom. The van der Waals surface area contributed by atoms with Gasteiger partial charge in [-0.2, -0.15) is 0 Å². The van der Waals surface area contributed by atoms with Gasteiger partial charge in [-0.1, -0.05) is 19.1 Å². The number of rotatable bonds is 9. The summed E-state index contributed by atoms with van der Waals surface area (Å²) in [5.41, 5.74) is 1.13. The largest absolute Gasteiger partial charge is 0.494 e. The molecule has 5 heteroatoms. The maximum Gasteiger partial charge on any atom is 0.249 e. The van der Waals surface area contributed by atoms with Crippen LogP contribution in [-0.4, -0.2) is 45.0 Å². The number of nitrogens with one attached hydrogen (secondary N) is 1. The van der Waals surface area contributed by atoms with E-state index in [1.165, 1.54) is 5.56 Å². The van der Waals surface area contributed by atoms with Crippen LogP contribution in [0.15, 0.2) is 24.3 Å². The smallest absolute Gasteiger partial charge is 0.249 e. The molecule has 1 amide bonds. The average Bonchev–Trinajstić information content (AvgIpc) is 2.66. The second kappa shape index (κ2) is 9.78. The van der Waals surface area contributed by atoms with Crippen LogP contribution < -0.4 is 10.1 Å². The van der Waals surface area contributed by atoms with E-state index in [0.29, 0.717) is 39.4 Å². The Hall–Kier alpha value is -1.59. The third-order valence-electron chi connectivity index (χ3n) is 4.86. The number of benzene rings is 1. The number of hydrogen-bond donors (Lipinski definition) is 1. The van der Waals surface area contributed by atoms with Crippen LogP contribution >= 0.6 is 0 Å². The molecule has 1 aromatic rings. The van der Waals surface area contributed by atoms with Crippen molar-refractivity contribution in [1.82, 2.24) is 5.32 Å². The van der Waals surface area contributed by atoms with Crippen LogP contribution in [-0.2, 0) is 19.7 Å². The summed E-state index contributed by atoms with van der Waals surface area (Å²) < 4.78 is 16.6. The van der Waals surface area contributed by atoms with Crippen molar-refractivity contribution in [2.45, 2.75) is 51.6 Å². The topological polar surface area (TPSA) is 56.8 Å². The zero-order valence-electron chi connectivity index (χ0n) is 15.7. The predicted octanol–water partition coefficient (Wildman–Crippen LogP) is 3.06. The molecule has 0 spiro atoms. The van der Waals surface area contributed by atoms with Gasteiger partial charge in [0.05, 0.1) is 6.61 Å². The summed E-state index contributed by atoms with van der Waals surface area (Å²) in [5.74, 6) is 0.848. The Morgan fingerprint density at radius 2 is 1.84 bits per heavy atom. The Labute approximate surface area is 151 Å². The second-order valence-corrected chi connectivity index (χ2v) is 6.42. The Morgan fingerprint density at radius 1 is 1.16 bits per heavy atom. The molecule has 0 saturated carbocycles. The van der Waals surface area contributed by atoms with Crippen LogP contribution in [0.3, 0.4) is 0 Å². The Balaban J connectivity index is 2.10. The molecule has 1 aromatic carbocycles. The molecule has 1 aliphatic rings. The highest BCUT2D eigenvalue weighted by molar-refractivity contribution is 5.80. The molecule has 0 aliphatic carbocycles. The van der Waals surface area contributed by atoms with E-state index < -0.39 is 0 Å². The Kier molecular flexibility index (Phi) is 7.72. The minimum absolute atomic E-state index is 0.0267. The fraction of sp³-hybridized carbons (Fsp3) is 0.650. The zero-order chi connectivity index (χ0) is 18.1. The van der Waals surface area contributed by atoms with Gasteiger partial charge in [0.1, 0.15) is 11.9 Å². The summed E-state index contributed by atoms with van der Waals surface area (Å²) >= 11 is 0. The van der Waals surface area contributed by atoms with Gasteiger partial charge in [0.2, 0.25) is 5.91 Å². The molecule has 5 nitrogen and oxygen atoms in total. The molecular weight excluding hydrogens is 318 g/mol. The van der Waals surface area contributed by atoms with Crippen molar-refractivity contribution < 1.29 is 19.0 Å². The molecule has 1 heterocycles. The monoisotopic (exact) mass is 349 g/mol. The van der Waals surface area contributed by atoms with Crippen molar-refractivity contribution in [3.05, 3.63) is 29.8 Å². The number of hydrogen-bond acceptors (Lipinski definition) is 4. The van der Waals surface area contributed by atoms with Crippen molar-refractivity contribution >= 4 is 5.91 Å². The number of carbonyl (C=O) groups excluding carboxylic acids is 1. The lowest BCUT2D eigenvalue weighted by Gasteiger charge is -2.38. The van der Waals surface area contributed by atoms with Gasteiger partial charge in [0.15, 0.2) is 0 Å². The quantitative estimate of drug-likeness (QED) is 0.744. The minimum atomic E-state index is -0.373. The van der Waals surface area contributed by atoms with E-state index in [4.69, 9.17) is 14.2 Å². The average molecular weight is 349 g/mol. The lowest BCUT2D eigenvalue weighted by Crippen LogP contribution is -2.47. The summed E-state index contributed by atoms with van der Waals surface area (Å²) in [6.07, 6.45) is 2.10. The first-order valence-corrected chi connectivity index (χ1v) is 9.35. The Bertz CT molecular complexity index is 523. The molecule has 140 valence electrons. The molecule has 1 N–H and O–H groups in total. The van der Waals surface area contributed by atoms with Crippen molar-refractivity contribution in [2.75, 3.05) is 33.0 Å². The lowest BCUT2D eigenvalue weighted by molar-refractivity contribution is -0.133. The van der Waals surface area contributed by atoms with E-state index in [0.717, 1.165) is 18.6 Å². The van der Waals surface area contributed by atoms with Crippen LogP contribution in [0.5, 0.6) is 5.75 Å². The van der Waals surface area contributed by atoms with Crippen LogP contribution in [0.1, 0.15) is 45.6 Å². The van der Waals surface area contributed by atoms with E-state index in [1.807, 2.05) is 32.9 Å². The van der Waals surface area contributed by atoms with Gasteiger partial charge in [0, 0.05) is 31.8 Å². The van der Waals surface area contributed by atoms with Crippen LogP contribution in [0.2, 0.25) is 0 Å². The van der Waals surface area contributed by atoms with Crippen LogP contribution in [0.4, 0.5) is 0 Å². The van der Waals surface area contributed by atoms with Gasteiger partial charge in [-0.05, 0) is 50.8 Å². The normalized spacial score (nSPS) is 17.7. The van der Waals surface area contributed by atoms with Crippen LogP contribution in [0, 0.1) is 0 Å². The number of amides is 1. The molecule has 2 rings (SSSR count). The van der Waals surface area contributed by atoms with Crippen LogP contribution in [0.25, 0.3) is 0 Å². The van der Waals surface area contributed by atoms with E-state index in [9.17, 15) is 4.79 Å². The maximum atomic E-state index is 12.4. The predicted molar refractivity (Wildman–Crippen MR) is 98.1 cm³/mol. The van der Waals surface area contributed by atoms with E-state index in [1.54, 1.807) is 0 Å². The highest BCUT2D eigenvalue weighted by Gasteiger charge is 2.35. The molecule has 0 bridgehead atoms. The van der Waals surface area contributed by atoms with Gasteiger partial charge >= 0.3 is 0 Å². The number of ether oxygens (including phenoxy) is 3. The molecule has 25 heavy (non-hydrogen) atoms. The third-order valence-corrected chi connectivity index (χ3v) is 4.86. The first-order chi connectivity index (χ1) is 12.1. The molecule has 1 aliphatic heterocycles. The summed E-state index contributed by atoms with van der Waals surface area (Å²) in [5, 5.41) is 3.12. The molecule has 0 aromatic heterocycles. The molecule has 1 saturated heterocycles. The fourth-order valence-corrected chi connectivity index (χ4v) is 3.35. The molecule has 0 unspecified atom stereocenters. The lowest BCUT2D eigenvalue weighted by atomic mass is 9.74.